The number of nitrogens with zero attached hydrogens (tertiary/aromatic N) is 5. The number of hydrogen-bond donors (Lipinski definition) is 1. The summed E-state index contributed by atoms with van der Waals surface area (Å²) in [5.41, 5.74) is 3.38. The van der Waals surface area contributed by atoms with Crippen LogP contribution in [0.2, 0.25) is 0 Å². The number of amides is 3. The number of rotatable bonds is 8. The lowest BCUT2D eigenvalue weighted by Gasteiger charge is -2.34. The third-order valence-electron chi connectivity index (χ3n) is 6.80. The molecule has 1 N–H and O–H groups in total. The molecular formula is C28H30N6O3. The van der Waals surface area contributed by atoms with E-state index < -0.39 is 0 Å². The van der Waals surface area contributed by atoms with E-state index in [-0.39, 0.29) is 17.7 Å². The van der Waals surface area contributed by atoms with Crippen molar-refractivity contribution in [3.05, 3.63) is 72.1 Å². The monoisotopic (exact) mass is 498 g/mol. The first-order valence-corrected chi connectivity index (χ1v) is 12.6. The Morgan fingerprint density at radius 3 is 2.22 bits per heavy atom. The maximum absolute atomic E-state index is 12.8. The minimum absolute atomic E-state index is 0.220. The van der Waals surface area contributed by atoms with Gasteiger partial charge in [0.2, 0.25) is 11.9 Å². The number of nitrogens with one attached hydrogen (secondary N) is 1. The number of imide groups is 1. The Morgan fingerprint density at radius 1 is 0.838 bits per heavy atom. The molecule has 9 nitrogen and oxygen atoms in total. The number of benzene rings is 2. The first-order valence-electron chi connectivity index (χ1n) is 12.6. The second-order valence-electron chi connectivity index (χ2n) is 9.38. The highest BCUT2D eigenvalue weighted by Gasteiger charge is 2.35. The summed E-state index contributed by atoms with van der Waals surface area (Å²) >= 11 is 0. The van der Waals surface area contributed by atoms with E-state index in [1.807, 2.05) is 30.6 Å². The summed E-state index contributed by atoms with van der Waals surface area (Å²) < 4.78 is 0. The number of aromatic nitrogens is 2. The van der Waals surface area contributed by atoms with Crippen molar-refractivity contribution in [2.75, 3.05) is 49.5 Å². The molecule has 2 aromatic carbocycles. The van der Waals surface area contributed by atoms with Gasteiger partial charge in [0, 0.05) is 63.3 Å². The topological polar surface area (TPSA) is 98.7 Å². The van der Waals surface area contributed by atoms with Crippen LogP contribution < -0.4 is 10.2 Å². The summed E-state index contributed by atoms with van der Waals surface area (Å²) in [5, 5.41) is 2.66. The molecule has 3 heterocycles. The van der Waals surface area contributed by atoms with Crippen molar-refractivity contribution in [3.8, 4) is 11.1 Å². The zero-order chi connectivity index (χ0) is 25.8. The fourth-order valence-electron chi connectivity index (χ4n) is 4.82. The molecule has 0 spiro atoms. The SMILES string of the molecule is CC(=O)Nc1ccc2c(c1)C(=O)N(CCCCN1CCN(c3ncc(-c4ccccc4)cn3)CC1)C2=O. The average Bonchev–Trinajstić information content (AvgIpc) is 3.16. The third-order valence-corrected chi connectivity index (χ3v) is 6.80. The molecular weight excluding hydrogens is 468 g/mol. The van der Waals surface area contributed by atoms with Crippen molar-refractivity contribution >= 4 is 29.4 Å². The molecule has 2 aliphatic rings. The van der Waals surface area contributed by atoms with E-state index in [1.165, 1.54) is 11.8 Å². The van der Waals surface area contributed by atoms with Crippen LogP contribution >= 0.6 is 0 Å². The molecule has 1 aromatic heterocycles. The summed E-state index contributed by atoms with van der Waals surface area (Å²) in [4.78, 5) is 51.9. The number of carbonyl (C=O) groups is 3. The summed E-state index contributed by atoms with van der Waals surface area (Å²) in [6, 6.07) is 14.9. The van der Waals surface area contributed by atoms with Crippen LogP contribution in [0.25, 0.3) is 11.1 Å². The molecule has 0 bridgehead atoms. The molecule has 0 radical (unpaired) electrons. The van der Waals surface area contributed by atoms with Crippen molar-refractivity contribution in [1.29, 1.82) is 0 Å². The molecule has 2 aliphatic heterocycles. The van der Waals surface area contributed by atoms with Crippen LogP contribution in [0.3, 0.4) is 0 Å². The summed E-state index contributed by atoms with van der Waals surface area (Å²) in [6.45, 7) is 6.27. The lowest BCUT2D eigenvalue weighted by Crippen LogP contribution is -2.47. The molecule has 0 saturated carbocycles. The summed E-state index contributed by atoms with van der Waals surface area (Å²) in [5.74, 6) is -0.0186. The highest BCUT2D eigenvalue weighted by molar-refractivity contribution is 6.21. The van der Waals surface area contributed by atoms with Gasteiger partial charge in [0.05, 0.1) is 11.1 Å². The van der Waals surface area contributed by atoms with Gasteiger partial charge in [0.1, 0.15) is 0 Å². The molecule has 3 aromatic rings. The van der Waals surface area contributed by atoms with Crippen molar-refractivity contribution in [1.82, 2.24) is 19.8 Å². The van der Waals surface area contributed by atoms with Crippen molar-refractivity contribution in [2.45, 2.75) is 19.8 Å². The van der Waals surface area contributed by atoms with E-state index in [2.05, 4.69) is 37.2 Å². The van der Waals surface area contributed by atoms with E-state index in [0.717, 1.165) is 62.6 Å². The zero-order valence-electron chi connectivity index (χ0n) is 20.9. The molecule has 190 valence electrons. The van der Waals surface area contributed by atoms with Crippen molar-refractivity contribution in [3.63, 3.8) is 0 Å². The molecule has 9 heteroatoms. The number of piperazine rings is 1. The van der Waals surface area contributed by atoms with Gasteiger partial charge in [-0.1, -0.05) is 30.3 Å². The highest BCUT2D eigenvalue weighted by atomic mass is 16.2. The number of hydrogen-bond acceptors (Lipinski definition) is 7. The second-order valence-corrected chi connectivity index (χ2v) is 9.38. The van der Waals surface area contributed by atoms with Crippen LogP contribution in [-0.2, 0) is 4.79 Å². The summed E-state index contributed by atoms with van der Waals surface area (Å²) in [7, 11) is 0. The van der Waals surface area contributed by atoms with Gasteiger partial charge >= 0.3 is 0 Å². The fraction of sp³-hybridized carbons (Fsp3) is 0.321. The van der Waals surface area contributed by atoms with Crippen molar-refractivity contribution in [2.24, 2.45) is 0 Å². The molecule has 1 fully saturated rings. The van der Waals surface area contributed by atoms with Crippen LogP contribution in [0.4, 0.5) is 11.6 Å². The molecule has 0 unspecified atom stereocenters. The Balaban J connectivity index is 1.06. The Bertz CT molecular complexity index is 1290. The fourth-order valence-corrected chi connectivity index (χ4v) is 4.82. The minimum atomic E-state index is -0.293. The van der Waals surface area contributed by atoms with E-state index in [9.17, 15) is 14.4 Å². The van der Waals surface area contributed by atoms with Crippen LogP contribution in [0.15, 0.2) is 60.9 Å². The van der Waals surface area contributed by atoms with Gasteiger partial charge in [-0.3, -0.25) is 24.2 Å². The molecule has 1 saturated heterocycles. The Hall–Kier alpha value is -4.11. The molecule has 0 atom stereocenters. The first kappa shape index (κ1) is 24.6. The highest BCUT2D eigenvalue weighted by Crippen LogP contribution is 2.26. The van der Waals surface area contributed by atoms with Gasteiger partial charge in [-0.25, -0.2) is 9.97 Å². The number of carbonyl (C=O) groups excluding carboxylic acids is 3. The molecule has 0 aliphatic carbocycles. The molecule has 3 amide bonds. The van der Waals surface area contributed by atoms with Gasteiger partial charge in [-0.15, -0.1) is 0 Å². The second kappa shape index (κ2) is 10.9. The molecule has 37 heavy (non-hydrogen) atoms. The van der Waals surface area contributed by atoms with Crippen LogP contribution in [-0.4, -0.2) is 76.8 Å². The third kappa shape index (κ3) is 5.51. The summed E-state index contributed by atoms with van der Waals surface area (Å²) in [6.07, 6.45) is 5.40. The normalized spacial score (nSPS) is 15.7. The number of unbranched alkanes of at least 4 members (excludes halogenated alkanes) is 1. The standard InChI is InChI=1S/C28H30N6O3/c1-20(35)31-23-9-10-24-25(17-23)27(37)34(26(24)36)12-6-5-11-32-13-15-33(16-14-32)28-29-18-22(19-30-28)21-7-3-2-4-8-21/h2-4,7-10,17-19H,5-6,11-16H2,1H3,(H,31,35). The van der Waals surface area contributed by atoms with E-state index >= 15 is 0 Å². The predicted octanol–water partition coefficient (Wildman–Crippen LogP) is 3.30. The Kier molecular flexibility index (Phi) is 7.23. The lowest BCUT2D eigenvalue weighted by atomic mass is 10.1. The Labute approximate surface area is 216 Å². The predicted molar refractivity (Wildman–Crippen MR) is 141 cm³/mol. The quantitative estimate of drug-likeness (QED) is 0.376. The molecule has 5 rings (SSSR count). The average molecular weight is 499 g/mol. The largest absolute Gasteiger partial charge is 0.338 e. The first-order chi connectivity index (χ1) is 18.0. The number of anilines is 2. The smallest absolute Gasteiger partial charge is 0.261 e. The zero-order valence-corrected chi connectivity index (χ0v) is 20.9. The van der Waals surface area contributed by atoms with E-state index in [0.29, 0.717) is 23.4 Å². The van der Waals surface area contributed by atoms with E-state index in [4.69, 9.17) is 0 Å². The maximum Gasteiger partial charge on any atom is 0.261 e. The van der Waals surface area contributed by atoms with Gasteiger partial charge in [0.15, 0.2) is 0 Å². The van der Waals surface area contributed by atoms with Gasteiger partial charge in [-0.05, 0) is 43.1 Å². The maximum atomic E-state index is 12.8. The number of fused-ring (bicyclic) bond motifs is 1. The van der Waals surface area contributed by atoms with Crippen LogP contribution in [0.5, 0.6) is 0 Å². The van der Waals surface area contributed by atoms with Gasteiger partial charge < -0.3 is 10.2 Å². The Morgan fingerprint density at radius 2 is 1.51 bits per heavy atom. The lowest BCUT2D eigenvalue weighted by molar-refractivity contribution is -0.114. The van der Waals surface area contributed by atoms with Crippen LogP contribution in [0.1, 0.15) is 40.5 Å². The van der Waals surface area contributed by atoms with Gasteiger partial charge in [0.25, 0.3) is 11.8 Å². The van der Waals surface area contributed by atoms with Crippen LogP contribution in [0, 0.1) is 0 Å². The van der Waals surface area contributed by atoms with E-state index in [1.54, 1.807) is 18.2 Å². The van der Waals surface area contributed by atoms with Crippen molar-refractivity contribution < 1.29 is 14.4 Å². The van der Waals surface area contributed by atoms with Gasteiger partial charge in [-0.2, -0.15) is 0 Å². The minimum Gasteiger partial charge on any atom is -0.338 e.